The third-order valence-electron chi connectivity index (χ3n) is 3.10. The van der Waals surface area contributed by atoms with Gasteiger partial charge in [-0.25, -0.2) is 0 Å². The second-order valence-corrected chi connectivity index (χ2v) is 4.61. The van der Waals surface area contributed by atoms with Crippen LogP contribution in [0.5, 0.6) is 5.75 Å². The van der Waals surface area contributed by atoms with E-state index < -0.39 is 6.23 Å². The maximum atomic E-state index is 11.9. The van der Waals surface area contributed by atoms with Crippen molar-refractivity contribution in [3.63, 3.8) is 0 Å². The first kappa shape index (κ1) is 13.5. The Morgan fingerprint density at radius 3 is 2.95 bits per heavy atom. The van der Waals surface area contributed by atoms with E-state index in [1.807, 2.05) is 19.1 Å². The van der Waals surface area contributed by atoms with Crippen molar-refractivity contribution in [1.82, 2.24) is 5.32 Å². The zero-order chi connectivity index (χ0) is 13.7. The predicted molar refractivity (Wildman–Crippen MR) is 71.3 cm³/mol. The molecule has 0 aliphatic carbocycles. The van der Waals surface area contributed by atoms with Crippen LogP contribution >= 0.6 is 0 Å². The van der Waals surface area contributed by atoms with Crippen LogP contribution in [0.2, 0.25) is 0 Å². The minimum atomic E-state index is -0.538. The van der Waals surface area contributed by atoms with Crippen molar-refractivity contribution >= 4 is 11.6 Å². The number of carbonyl (C=O) groups excluding carboxylic acids is 1. The number of nitrogens with zero attached hydrogens (tertiary/aromatic N) is 1. The topological polar surface area (TPSA) is 58.4 Å². The molecule has 1 aromatic carbocycles. The van der Waals surface area contributed by atoms with E-state index in [4.69, 9.17) is 4.74 Å². The molecule has 1 atom stereocenters. The Hall–Kier alpha value is -1.91. The van der Waals surface area contributed by atoms with E-state index >= 15 is 0 Å². The van der Waals surface area contributed by atoms with Gasteiger partial charge in [0.1, 0.15) is 0 Å². The Labute approximate surface area is 112 Å². The van der Waals surface area contributed by atoms with E-state index in [2.05, 4.69) is 5.32 Å². The van der Waals surface area contributed by atoms with Gasteiger partial charge in [-0.05, 0) is 12.5 Å². The smallest absolute Gasteiger partial charge is 0.352 e. The second-order valence-electron chi connectivity index (χ2n) is 4.61. The summed E-state index contributed by atoms with van der Waals surface area (Å²) in [5, 5.41) is 2.81. The van der Waals surface area contributed by atoms with Gasteiger partial charge in [-0.15, -0.1) is 0 Å². The van der Waals surface area contributed by atoms with E-state index in [-0.39, 0.29) is 5.91 Å². The van der Waals surface area contributed by atoms with Crippen LogP contribution in [0.3, 0.4) is 0 Å². The summed E-state index contributed by atoms with van der Waals surface area (Å²) in [7, 11) is 0. The highest BCUT2D eigenvalue weighted by Crippen LogP contribution is 2.35. The number of carbonyl (C=O) groups is 1. The molecule has 0 bridgehead atoms. The molecule has 1 aliphatic rings. The van der Waals surface area contributed by atoms with Gasteiger partial charge in [0.15, 0.2) is 0 Å². The molecule has 1 aliphatic heterocycles. The summed E-state index contributed by atoms with van der Waals surface area (Å²) in [6.45, 7) is 2.51. The third-order valence-corrected chi connectivity index (χ3v) is 3.10. The zero-order valence-electron chi connectivity index (χ0n) is 11.1. The van der Waals surface area contributed by atoms with E-state index in [0.717, 1.165) is 17.6 Å². The lowest BCUT2D eigenvalue weighted by Gasteiger charge is -2.05. The van der Waals surface area contributed by atoms with Crippen molar-refractivity contribution in [2.24, 2.45) is 0 Å². The van der Waals surface area contributed by atoms with Crippen molar-refractivity contribution in [1.29, 1.82) is 0 Å². The molecule has 19 heavy (non-hydrogen) atoms. The highest BCUT2D eigenvalue weighted by atomic mass is 16.5. The molecule has 5 nitrogen and oxygen atoms in total. The average molecular weight is 263 g/mol. The zero-order valence-corrected chi connectivity index (χ0v) is 11.1. The highest BCUT2D eigenvalue weighted by molar-refractivity contribution is 5.75. The lowest BCUT2D eigenvalue weighted by Crippen LogP contribution is -2.30. The number of ether oxygens (including phenoxy) is 1. The Balaban J connectivity index is 1.77. The fourth-order valence-corrected chi connectivity index (χ4v) is 2.03. The van der Waals surface area contributed by atoms with Gasteiger partial charge in [0.05, 0.1) is 11.2 Å². The molecule has 0 saturated heterocycles. The van der Waals surface area contributed by atoms with Crippen LogP contribution < -0.4 is 10.1 Å². The largest absolute Gasteiger partial charge is 0.423 e. The third kappa shape index (κ3) is 3.30. The van der Waals surface area contributed by atoms with Gasteiger partial charge in [-0.3, -0.25) is 4.79 Å². The number of fused-ring (bicyclic) bond motifs is 1. The van der Waals surface area contributed by atoms with Gasteiger partial charge in [-0.2, -0.15) is 0 Å². The Morgan fingerprint density at radius 1 is 1.42 bits per heavy atom. The van der Waals surface area contributed by atoms with Gasteiger partial charge in [0, 0.05) is 23.9 Å². The SMILES string of the molecule is CCCCC(=O)NCCC1Oc2ccccc2[N+]1=O. The van der Waals surface area contributed by atoms with Crippen LogP contribution in [0, 0.1) is 4.91 Å². The predicted octanol–water partition coefficient (Wildman–Crippen LogP) is 2.51. The summed E-state index contributed by atoms with van der Waals surface area (Å²) >= 11 is 0. The highest BCUT2D eigenvalue weighted by Gasteiger charge is 2.39. The number of unbranched alkanes of at least 4 members (excludes halogenated alkanes) is 1. The first-order chi connectivity index (χ1) is 9.22. The molecular weight excluding hydrogens is 244 g/mol. The van der Waals surface area contributed by atoms with Crippen molar-refractivity contribution in [3.05, 3.63) is 29.2 Å². The van der Waals surface area contributed by atoms with Crippen LogP contribution in [0.1, 0.15) is 32.6 Å². The number of rotatable bonds is 6. The summed E-state index contributed by atoms with van der Waals surface area (Å²) in [6.07, 6.45) is 2.39. The molecule has 0 aromatic heterocycles. The van der Waals surface area contributed by atoms with Gasteiger partial charge in [0.25, 0.3) is 0 Å². The van der Waals surface area contributed by atoms with Gasteiger partial charge in [0.2, 0.25) is 11.7 Å². The van der Waals surface area contributed by atoms with Crippen molar-refractivity contribution < 1.29 is 14.3 Å². The molecule has 1 heterocycles. The van der Waals surface area contributed by atoms with Gasteiger partial charge < -0.3 is 10.1 Å². The van der Waals surface area contributed by atoms with E-state index in [1.54, 1.807) is 12.1 Å². The number of amides is 1. The minimum Gasteiger partial charge on any atom is -0.423 e. The first-order valence-electron chi connectivity index (χ1n) is 6.71. The van der Waals surface area contributed by atoms with Crippen LogP contribution in [0.15, 0.2) is 24.3 Å². The molecule has 0 fully saturated rings. The van der Waals surface area contributed by atoms with Crippen LogP contribution in [-0.2, 0) is 4.79 Å². The molecule has 0 spiro atoms. The summed E-state index contributed by atoms with van der Waals surface area (Å²) in [5.41, 5.74) is 0.560. The van der Waals surface area contributed by atoms with Crippen molar-refractivity contribution in [2.75, 3.05) is 6.54 Å². The standard InChI is InChI=1S/C14H18N2O3/c1-2-3-8-13(17)15-10-9-14-16(18)11-6-4-5-7-12(11)19-14/h4-7,14H,2-3,8-10H2,1H3/p+1. The van der Waals surface area contributed by atoms with E-state index in [1.165, 1.54) is 0 Å². The molecule has 5 heteroatoms. The lowest BCUT2D eigenvalue weighted by molar-refractivity contribution is -0.529. The monoisotopic (exact) mass is 263 g/mol. The number of hydrogen-bond donors (Lipinski definition) is 1. The number of para-hydroxylation sites is 2. The number of nitrogens with one attached hydrogen (secondary N) is 1. The summed E-state index contributed by atoms with van der Waals surface area (Å²) in [5.74, 6) is 0.648. The molecule has 0 saturated carbocycles. The summed E-state index contributed by atoms with van der Waals surface area (Å²) < 4.78 is 6.41. The molecule has 1 N–H and O–H groups in total. The summed E-state index contributed by atoms with van der Waals surface area (Å²) in [4.78, 5) is 23.4. The van der Waals surface area contributed by atoms with Gasteiger partial charge in [-0.1, -0.05) is 25.5 Å². The molecule has 1 unspecified atom stereocenters. The Kier molecular flexibility index (Phi) is 4.49. The molecule has 2 rings (SSSR count). The Bertz CT molecular complexity index is 474. The quantitative estimate of drug-likeness (QED) is 0.802. The van der Waals surface area contributed by atoms with Crippen molar-refractivity contribution in [3.8, 4) is 5.75 Å². The second kappa shape index (κ2) is 6.31. The lowest BCUT2D eigenvalue weighted by atomic mass is 10.2. The molecule has 1 aromatic rings. The van der Waals surface area contributed by atoms with Gasteiger partial charge >= 0.3 is 11.9 Å². The minimum absolute atomic E-state index is 0.0369. The fraction of sp³-hybridized carbons (Fsp3) is 0.500. The van der Waals surface area contributed by atoms with E-state index in [9.17, 15) is 9.70 Å². The van der Waals surface area contributed by atoms with Crippen LogP contribution in [-0.4, -0.2) is 23.4 Å². The maximum Gasteiger partial charge on any atom is 0.352 e. The average Bonchev–Trinajstić information content (AvgIpc) is 2.74. The van der Waals surface area contributed by atoms with Crippen LogP contribution in [0.4, 0.5) is 5.69 Å². The Morgan fingerprint density at radius 2 is 2.21 bits per heavy atom. The molecule has 0 radical (unpaired) electrons. The normalized spacial score (nSPS) is 16.9. The maximum absolute atomic E-state index is 11.9. The molecule has 102 valence electrons. The van der Waals surface area contributed by atoms with Crippen LogP contribution in [0.25, 0.3) is 0 Å². The first-order valence-corrected chi connectivity index (χ1v) is 6.71. The molecule has 1 amide bonds. The summed E-state index contributed by atoms with van der Waals surface area (Å²) in [6, 6.07) is 7.16. The number of benzene rings is 1. The fourth-order valence-electron chi connectivity index (χ4n) is 2.03. The van der Waals surface area contributed by atoms with E-state index in [0.29, 0.717) is 30.8 Å². The van der Waals surface area contributed by atoms with Crippen molar-refractivity contribution in [2.45, 2.75) is 38.8 Å². The molecular formula is C14H19N2O3+. The number of nitroso groups, excluding NO2 is 1. The number of hydrogen-bond acceptors (Lipinski definition) is 3.